The summed E-state index contributed by atoms with van der Waals surface area (Å²) < 4.78 is 1.94. The minimum Gasteiger partial charge on any atom is -0.296 e. The van der Waals surface area contributed by atoms with Gasteiger partial charge in [-0.3, -0.25) is 14.8 Å². The van der Waals surface area contributed by atoms with E-state index >= 15 is 0 Å². The number of fused-ring (bicyclic) bond motifs is 2. The molecule has 0 unspecified atom stereocenters. The zero-order valence-electron chi connectivity index (χ0n) is 13.4. The molecule has 27 heavy (non-hydrogen) atoms. The Morgan fingerprint density at radius 1 is 0.778 bits per heavy atom. The molecule has 4 rings (SSSR count). The van der Waals surface area contributed by atoms with E-state index in [1.807, 2.05) is 36.4 Å². The lowest BCUT2D eigenvalue weighted by Crippen LogP contribution is -1.90. The molecule has 5 nitrogen and oxygen atoms in total. The summed E-state index contributed by atoms with van der Waals surface area (Å²) in [5.41, 5.74) is 4.43. The predicted molar refractivity (Wildman–Crippen MR) is 117 cm³/mol. The van der Waals surface area contributed by atoms with Crippen LogP contribution < -0.4 is 0 Å². The van der Waals surface area contributed by atoms with Gasteiger partial charge >= 0.3 is 0 Å². The zero-order valence-corrected chi connectivity index (χ0v) is 16.6. The lowest BCUT2D eigenvalue weighted by Gasteiger charge is -1.97. The van der Waals surface area contributed by atoms with Crippen LogP contribution in [0.4, 0.5) is 0 Å². The zero-order chi connectivity index (χ0) is 18.5. The van der Waals surface area contributed by atoms with Crippen LogP contribution in [0.15, 0.2) is 64.3 Å². The van der Waals surface area contributed by atoms with Gasteiger partial charge in [0.25, 0.3) is 0 Å². The van der Waals surface area contributed by atoms with Gasteiger partial charge in [0.05, 0.1) is 40.2 Å². The number of halogens is 2. The molecule has 0 saturated heterocycles. The van der Waals surface area contributed by atoms with Gasteiger partial charge in [0.15, 0.2) is 6.29 Å². The Bertz CT molecular complexity index is 1030. The molecule has 136 valence electrons. The molecule has 0 atom stereocenters. The lowest BCUT2D eigenvalue weighted by molar-refractivity contribution is 0.111. The summed E-state index contributed by atoms with van der Waals surface area (Å²) in [5, 5.41) is 0. The first kappa shape index (κ1) is 20.8. The maximum absolute atomic E-state index is 10.4. The molecule has 0 aliphatic heterocycles. The fourth-order valence-electron chi connectivity index (χ4n) is 2.15. The molecule has 4 aromatic rings. The van der Waals surface area contributed by atoms with Crippen LogP contribution in [-0.2, 0) is 0 Å². The Morgan fingerprint density at radius 2 is 1.26 bits per heavy atom. The largest absolute Gasteiger partial charge is 0.296 e. The van der Waals surface area contributed by atoms with Gasteiger partial charge in [0, 0.05) is 8.95 Å². The van der Waals surface area contributed by atoms with E-state index in [2.05, 4.69) is 58.4 Å². The lowest BCUT2D eigenvalue weighted by atomic mass is 10.3. The number of hydrogen-bond acceptors (Lipinski definition) is 5. The van der Waals surface area contributed by atoms with Gasteiger partial charge in [-0.2, -0.15) is 0 Å². The van der Waals surface area contributed by atoms with Crippen molar-refractivity contribution < 1.29 is 4.79 Å². The van der Waals surface area contributed by atoms with E-state index in [1.54, 1.807) is 12.3 Å². The summed E-state index contributed by atoms with van der Waals surface area (Å²) in [6.07, 6.45) is 5.55. The molecule has 0 saturated carbocycles. The van der Waals surface area contributed by atoms with E-state index in [1.165, 1.54) is 6.20 Å². The number of carbonyl (C=O) groups is 1. The average Bonchev–Trinajstić information content (AvgIpc) is 2.67. The summed E-state index contributed by atoms with van der Waals surface area (Å²) in [6.45, 7) is 3.65. The molecular formula is C20H16Br2N4O. The van der Waals surface area contributed by atoms with E-state index in [4.69, 9.17) is 0 Å². The molecule has 0 N–H and O–H groups in total. The summed E-state index contributed by atoms with van der Waals surface area (Å²) in [4.78, 5) is 27.2. The number of aromatic nitrogens is 4. The topological polar surface area (TPSA) is 68.6 Å². The van der Waals surface area contributed by atoms with Gasteiger partial charge in [-0.05, 0) is 42.5 Å². The molecule has 0 aliphatic rings. The third-order valence-electron chi connectivity index (χ3n) is 3.38. The van der Waals surface area contributed by atoms with Gasteiger partial charge in [-0.15, -0.1) is 0 Å². The third kappa shape index (κ3) is 5.24. The molecule has 0 radical (unpaired) electrons. The first-order chi connectivity index (χ1) is 12.6. The molecule has 0 amide bonds. The van der Waals surface area contributed by atoms with Crippen molar-refractivity contribution in [2.45, 2.75) is 7.43 Å². The van der Waals surface area contributed by atoms with Gasteiger partial charge < -0.3 is 0 Å². The first-order valence-electron chi connectivity index (χ1n) is 7.51. The minimum atomic E-state index is 0. The number of hydrogen-bond donors (Lipinski definition) is 0. The number of carbonyl (C=O) groups excluding carboxylic acids is 1. The first-order valence-corrected chi connectivity index (χ1v) is 9.10. The molecule has 2 aromatic carbocycles. The molecule has 2 heterocycles. The van der Waals surface area contributed by atoms with Crippen molar-refractivity contribution in [3.05, 3.63) is 75.7 Å². The molecule has 0 fully saturated rings. The second kappa shape index (κ2) is 9.43. The summed E-state index contributed by atoms with van der Waals surface area (Å²) in [6, 6.07) is 11.4. The highest BCUT2D eigenvalue weighted by atomic mass is 79.9. The molecule has 2 aromatic heterocycles. The fraction of sp³-hybridized carbons (Fsp3) is 0.0500. The number of benzene rings is 2. The Morgan fingerprint density at radius 3 is 1.74 bits per heavy atom. The minimum absolute atomic E-state index is 0. The van der Waals surface area contributed by atoms with Crippen LogP contribution in [0.5, 0.6) is 0 Å². The Labute approximate surface area is 173 Å². The Hall–Kier alpha value is -2.51. The van der Waals surface area contributed by atoms with Crippen molar-refractivity contribution in [2.24, 2.45) is 0 Å². The highest BCUT2D eigenvalue weighted by molar-refractivity contribution is 9.10. The monoisotopic (exact) mass is 486 g/mol. The molecule has 0 spiro atoms. The molecule has 0 aliphatic carbocycles. The normalized spacial score (nSPS) is 9.85. The number of aldehydes is 1. The van der Waals surface area contributed by atoms with Gasteiger partial charge in [0.1, 0.15) is 5.69 Å². The maximum atomic E-state index is 10.4. The van der Waals surface area contributed by atoms with Crippen molar-refractivity contribution in [1.29, 1.82) is 0 Å². The Balaban J connectivity index is 0.000000187. The van der Waals surface area contributed by atoms with Crippen molar-refractivity contribution in [3.63, 3.8) is 0 Å². The molecule has 7 heteroatoms. The van der Waals surface area contributed by atoms with E-state index in [0.717, 1.165) is 36.7 Å². The third-order valence-corrected chi connectivity index (χ3v) is 4.36. The second-order valence-corrected chi connectivity index (χ2v) is 7.01. The standard InChI is InChI=1S/C10H7BrN2.C9H5BrN2O.CH4/c1-2-8-6-12-9-4-3-7(11)5-10(9)13-8;10-6-1-2-8-9(3-6)12-7(5-13)4-11-8;/h2-6H,1H2;1-5H;1H4. The van der Waals surface area contributed by atoms with E-state index in [0.29, 0.717) is 12.0 Å². The van der Waals surface area contributed by atoms with Crippen LogP contribution >= 0.6 is 31.9 Å². The van der Waals surface area contributed by atoms with Crippen LogP contribution in [0.2, 0.25) is 0 Å². The average molecular weight is 488 g/mol. The van der Waals surface area contributed by atoms with Crippen LogP contribution in [-0.4, -0.2) is 26.2 Å². The maximum Gasteiger partial charge on any atom is 0.170 e. The predicted octanol–water partition coefficient (Wildman–Crippen LogP) is 5.88. The van der Waals surface area contributed by atoms with Crippen LogP contribution in [0.3, 0.4) is 0 Å². The number of rotatable bonds is 2. The van der Waals surface area contributed by atoms with Gasteiger partial charge in [-0.25, -0.2) is 9.97 Å². The SMILES string of the molecule is C.C=Cc1cnc2ccc(Br)cc2n1.O=Cc1cnc2ccc(Br)cc2n1. The van der Waals surface area contributed by atoms with Gasteiger partial charge in [-0.1, -0.05) is 45.9 Å². The molecule has 0 bridgehead atoms. The Kier molecular flexibility index (Phi) is 7.27. The van der Waals surface area contributed by atoms with Gasteiger partial charge in [0.2, 0.25) is 0 Å². The quantitative estimate of drug-likeness (QED) is 0.330. The fourth-order valence-corrected chi connectivity index (χ4v) is 2.85. The highest BCUT2D eigenvalue weighted by Gasteiger charge is 1.99. The summed E-state index contributed by atoms with van der Waals surface area (Å²) in [5.74, 6) is 0. The molecular weight excluding hydrogens is 472 g/mol. The van der Waals surface area contributed by atoms with Crippen molar-refractivity contribution in [2.75, 3.05) is 0 Å². The highest BCUT2D eigenvalue weighted by Crippen LogP contribution is 2.17. The second-order valence-electron chi connectivity index (χ2n) is 5.18. The van der Waals surface area contributed by atoms with Crippen LogP contribution in [0.1, 0.15) is 23.6 Å². The summed E-state index contributed by atoms with van der Waals surface area (Å²) >= 11 is 6.71. The van der Waals surface area contributed by atoms with E-state index in [9.17, 15) is 4.79 Å². The van der Waals surface area contributed by atoms with Crippen LogP contribution in [0, 0.1) is 0 Å². The van der Waals surface area contributed by atoms with Crippen molar-refractivity contribution >= 4 is 66.3 Å². The van der Waals surface area contributed by atoms with Crippen molar-refractivity contribution in [1.82, 2.24) is 19.9 Å². The summed E-state index contributed by atoms with van der Waals surface area (Å²) in [7, 11) is 0. The van der Waals surface area contributed by atoms with Crippen LogP contribution in [0.25, 0.3) is 28.1 Å². The van der Waals surface area contributed by atoms with E-state index in [-0.39, 0.29) is 7.43 Å². The van der Waals surface area contributed by atoms with E-state index < -0.39 is 0 Å². The van der Waals surface area contributed by atoms with Crippen molar-refractivity contribution in [3.8, 4) is 0 Å². The number of nitrogens with zero attached hydrogens (tertiary/aromatic N) is 4. The smallest absolute Gasteiger partial charge is 0.170 e.